The molecule has 0 spiro atoms. The maximum atomic E-state index is 12.7. The normalized spacial score (nSPS) is 23.2. The molecule has 1 aromatic heterocycles. The minimum Gasteiger partial charge on any atom is -0.340 e. The summed E-state index contributed by atoms with van der Waals surface area (Å²) >= 11 is 1.42. The van der Waals surface area contributed by atoms with Crippen LogP contribution in [-0.2, 0) is 11.3 Å². The van der Waals surface area contributed by atoms with Crippen molar-refractivity contribution in [3.05, 3.63) is 41.7 Å². The van der Waals surface area contributed by atoms with Gasteiger partial charge in [-0.2, -0.15) is 0 Å². The van der Waals surface area contributed by atoms with Crippen molar-refractivity contribution in [3.63, 3.8) is 0 Å². The standard InChI is InChI=1S/C19H25N5OS/c1-14-20-19(22-21-14)26-13-18(25)24-11-16-7-8-17(12-24)23(10-16)9-15-5-3-2-4-6-15/h2-6,16-17H,7-13H2,1H3,(H,20,21,22)/t16-,17-/m1/s1. The van der Waals surface area contributed by atoms with Crippen LogP contribution in [0.3, 0.4) is 0 Å². The van der Waals surface area contributed by atoms with Crippen LogP contribution in [-0.4, -0.2) is 62.3 Å². The van der Waals surface area contributed by atoms with Crippen molar-refractivity contribution in [1.29, 1.82) is 0 Å². The Kier molecular flexibility index (Phi) is 5.26. The average molecular weight is 372 g/mol. The molecule has 4 heterocycles. The molecule has 3 aliphatic rings. The van der Waals surface area contributed by atoms with E-state index in [2.05, 4.69) is 55.3 Å². The minimum atomic E-state index is 0.205. The Morgan fingerprint density at radius 1 is 1.23 bits per heavy atom. The lowest BCUT2D eigenvalue weighted by Gasteiger charge is -2.36. The number of aromatic amines is 1. The molecule has 7 heteroatoms. The van der Waals surface area contributed by atoms with E-state index in [1.165, 1.54) is 30.2 Å². The molecular formula is C19H25N5OS. The summed E-state index contributed by atoms with van der Waals surface area (Å²) in [6.07, 6.45) is 2.42. The van der Waals surface area contributed by atoms with Crippen LogP contribution in [0.2, 0.25) is 0 Å². The Labute approximate surface area is 158 Å². The molecule has 1 amide bonds. The van der Waals surface area contributed by atoms with Gasteiger partial charge < -0.3 is 4.90 Å². The second-order valence-electron chi connectivity index (χ2n) is 7.30. The number of benzene rings is 1. The number of aromatic nitrogens is 3. The lowest BCUT2D eigenvalue weighted by Crippen LogP contribution is -2.44. The van der Waals surface area contributed by atoms with Gasteiger partial charge >= 0.3 is 0 Å². The third kappa shape index (κ3) is 4.10. The number of nitrogens with zero attached hydrogens (tertiary/aromatic N) is 4. The van der Waals surface area contributed by atoms with Gasteiger partial charge in [0.25, 0.3) is 0 Å². The van der Waals surface area contributed by atoms with Gasteiger partial charge in [0.2, 0.25) is 11.1 Å². The number of rotatable bonds is 5. The molecule has 2 aromatic rings. The van der Waals surface area contributed by atoms with E-state index in [0.29, 0.717) is 22.9 Å². The topological polar surface area (TPSA) is 65.1 Å². The minimum absolute atomic E-state index is 0.205. The van der Waals surface area contributed by atoms with Crippen LogP contribution in [0.5, 0.6) is 0 Å². The van der Waals surface area contributed by atoms with E-state index in [4.69, 9.17) is 0 Å². The summed E-state index contributed by atoms with van der Waals surface area (Å²) < 4.78 is 0. The fourth-order valence-corrected chi connectivity index (χ4v) is 4.75. The highest BCUT2D eigenvalue weighted by atomic mass is 32.2. The molecule has 3 saturated heterocycles. The Hall–Kier alpha value is -1.86. The molecule has 2 bridgehead atoms. The zero-order valence-corrected chi connectivity index (χ0v) is 15.9. The van der Waals surface area contributed by atoms with Crippen molar-refractivity contribution in [3.8, 4) is 0 Å². The summed E-state index contributed by atoms with van der Waals surface area (Å²) in [5.41, 5.74) is 1.36. The highest BCUT2D eigenvalue weighted by Gasteiger charge is 2.36. The summed E-state index contributed by atoms with van der Waals surface area (Å²) in [6, 6.07) is 11.1. The first kappa shape index (κ1) is 17.5. The zero-order valence-electron chi connectivity index (χ0n) is 15.1. The Balaban J connectivity index is 1.37. The van der Waals surface area contributed by atoms with Crippen LogP contribution in [0.25, 0.3) is 0 Å². The van der Waals surface area contributed by atoms with Crippen LogP contribution in [0.1, 0.15) is 24.2 Å². The molecule has 26 heavy (non-hydrogen) atoms. The predicted molar refractivity (Wildman–Crippen MR) is 102 cm³/mol. The lowest BCUT2D eigenvalue weighted by atomic mass is 9.94. The number of piperidine rings is 1. The van der Waals surface area contributed by atoms with E-state index in [-0.39, 0.29) is 5.91 Å². The van der Waals surface area contributed by atoms with E-state index < -0.39 is 0 Å². The summed E-state index contributed by atoms with van der Waals surface area (Å²) in [5.74, 6) is 1.98. The van der Waals surface area contributed by atoms with Crippen LogP contribution in [0, 0.1) is 12.8 Å². The molecule has 3 fully saturated rings. The van der Waals surface area contributed by atoms with Gasteiger partial charge in [-0.1, -0.05) is 42.1 Å². The number of H-pyrrole nitrogens is 1. The first-order chi connectivity index (χ1) is 12.7. The van der Waals surface area contributed by atoms with Crippen LogP contribution >= 0.6 is 11.8 Å². The number of nitrogens with one attached hydrogen (secondary N) is 1. The molecule has 0 saturated carbocycles. The lowest BCUT2D eigenvalue weighted by molar-refractivity contribution is -0.128. The van der Waals surface area contributed by atoms with Crippen molar-refractivity contribution in [2.75, 3.05) is 25.4 Å². The summed E-state index contributed by atoms with van der Waals surface area (Å²) in [6.45, 7) is 5.67. The number of hydrogen-bond acceptors (Lipinski definition) is 5. The number of thioether (sulfide) groups is 1. The molecule has 1 N–H and O–H groups in total. The zero-order chi connectivity index (χ0) is 17.9. The molecule has 0 radical (unpaired) electrons. The quantitative estimate of drug-likeness (QED) is 0.817. The Morgan fingerprint density at radius 2 is 2.08 bits per heavy atom. The number of carbonyl (C=O) groups is 1. The van der Waals surface area contributed by atoms with Gasteiger partial charge in [0.15, 0.2) is 0 Å². The molecule has 2 atom stereocenters. The fraction of sp³-hybridized carbons (Fsp3) is 0.526. The van der Waals surface area contributed by atoms with E-state index in [1.54, 1.807) is 0 Å². The summed E-state index contributed by atoms with van der Waals surface area (Å²) in [5, 5.41) is 7.57. The Bertz CT molecular complexity index is 749. The van der Waals surface area contributed by atoms with Gasteiger partial charge in [0.05, 0.1) is 5.75 Å². The van der Waals surface area contributed by atoms with Gasteiger partial charge in [-0.3, -0.25) is 14.8 Å². The van der Waals surface area contributed by atoms with Crippen LogP contribution < -0.4 is 0 Å². The maximum absolute atomic E-state index is 12.7. The first-order valence-corrected chi connectivity index (χ1v) is 10.2. The van der Waals surface area contributed by atoms with E-state index in [9.17, 15) is 4.79 Å². The van der Waals surface area contributed by atoms with Gasteiger partial charge in [-0.05, 0) is 31.2 Å². The molecular weight excluding hydrogens is 346 g/mol. The second-order valence-corrected chi connectivity index (χ2v) is 8.25. The monoisotopic (exact) mass is 371 g/mol. The molecule has 0 unspecified atom stereocenters. The number of carbonyl (C=O) groups excluding carboxylic acids is 1. The molecule has 3 aliphatic heterocycles. The van der Waals surface area contributed by atoms with Gasteiger partial charge in [0.1, 0.15) is 5.82 Å². The maximum Gasteiger partial charge on any atom is 0.233 e. The fourth-order valence-electron chi connectivity index (χ4n) is 4.00. The van der Waals surface area contributed by atoms with Crippen molar-refractivity contribution >= 4 is 17.7 Å². The second kappa shape index (κ2) is 7.80. The predicted octanol–water partition coefficient (Wildman–Crippen LogP) is 2.33. The SMILES string of the molecule is Cc1nc(SCC(=O)N2C[C@@H]3CC[C@H](C2)N(Cc2ccccc2)C3)n[nH]1. The average Bonchev–Trinajstić information content (AvgIpc) is 2.87. The van der Waals surface area contributed by atoms with E-state index in [1.807, 2.05) is 6.92 Å². The van der Waals surface area contributed by atoms with Crippen molar-refractivity contribution in [2.24, 2.45) is 5.92 Å². The molecule has 138 valence electrons. The van der Waals surface area contributed by atoms with Crippen molar-refractivity contribution in [1.82, 2.24) is 25.0 Å². The van der Waals surface area contributed by atoms with Gasteiger partial charge in [0, 0.05) is 32.2 Å². The van der Waals surface area contributed by atoms with E-state index >= 15 is 0 Å². The van der Waals surface area contributed by atoms with Crippen molar-refractivity contribution < 1.29 is 4.79 Å². The van der Waals surface area contributed by atoms with E-state index in [0.717, 1.165) is 32.0 Å². The van der Waals surface area contributed by atoms with Crippen LogP contribution in [0.4, 0.5) is 0 Å². The number of amides is 1. The van der Waals surface area contributed by atoms with Crippen LogP contribution in [0.15, 0.2) is 35.5 Å². The number of fused-ring (bicyclic) bond motifs is 4. The summed E-state index contributed by atoms with van der Waals surface area (Å²) in [4.78, 5) is 21.6. The van der Waals surface area contributed by atoms with Gasteiger partial charge in [-0.15, -0.1) is 5.10 Å². The Morgan fingerprint density at radius 3 is 2.85 bits per heavy atom. The molecule has 1 aromatic carbocycles. The molecule has 6 nitrogen and oxygen atoms in total. The van der Waals surface area contributed by atoms with Crippen molar-refractivity contribution in [2.45, 2.75) is 37.5 Å². The van der Waals surface area contributed by atoms with Gasteiger partial charge in [-0.25, -0.2) is 4.98 Å². The third-order valence-electron chi connectivity index (χ3n) is 5.31. The highest BCUT2D eigenvalue weighted by Crippen LogP contribution is 2.29. The first-order valence-electron chi connectivity index (χ1n) is 9.25. The smallest absolute Gasteiger partial charge is 0.233 e. The molecule has 5 rings (SSSR count). The third-order valence-corrected chi connectivity index (χ3v) is 6.14. The number of hydrogen-bond donors (Lipinski definition) is 1. The summed E-state index contributed by atoms with van der Waals surface area (Å²) in [7, 11) is 0. The molecule has 0 aliphatic carbocycles. The number of aryl methyl sites for hydroxylation is 1. The largest absolute Gasteiger partial charge is 0.340 e. The highest BCUT2D eigenvalue weighted by molar-refractivity contribution is 7.99.